The second-order valence-electron chi connectivity index (χ2n) is 7.69. The summed E-state index contributed by atoms with van der Waals surface area (Å²) < 4.78 is 5.88. The van der Waals surface area contributed by atoms with Crippen LogP contribution < -0.4 is 16.4 Å². The van der Waals surface area contributed by atoms with E-state index >= 15 is 0 Å². The highest BCUT2D eigenvalue weighted by Gasteiger charge is 2.26. The van der Waals surface area contributed by atoms with E-state index in [4.69, 9.17) is 10.2 Å². The van der Waals surface area contributed by atoms with Crippen LogP contribution >= 0.6 is 0 Å². The Balaban J connectivity index is 1.73. The van der Waals surface area contributed by atoms with Crippen molar-refractivity contribution in [2.75, 3.05) is 26.2 Å². The monoisotopic (exact) mass is 416 g/mol. The van der Waals surface area contributed by atoms with Gasteiger partial charge in [-0.2, -0.15) is 0 Å². The Bertz CT molecular complexity index is 788. The molecule has 0 unspecified atom stereocenters. The number of nitrogens with two attached hydrogens (primary N) is 1. The van der Waals surface area contributed by atoms with Crippen molar-refractivity contribution in [2.45, 2.75) is 51.1 Å². The number of amides is 2. The molecule has 2 heterocycles. The molecule has 1 aliphatic heterocycles. The smallest absolute Gasteiger partial charge is 0.318 e. The van der Waals surface area contributed by atoms with Crippen LogP contribution in [-0.2, 0) is 6.42 Å². The fourth-order valence-corrected chi connectivity index (χ4v) is 3.45. The molecule has 2 atom stereocenters. The minimum atomic E-state index is -0.485. The van der Waals surface area contributed by atoms with Crippen LogP contribution in [0.5, 0.6) is 5.75 Å². The Morgan fingerprint density at radius 3 is 2.63 bits per heavy atom. The predicted octanol–water partition coefficient (Wildman–Crippen LogP) is 2.25. The third-order valence-electron chi connectivity index (χ3n) is 5.27. The lowest BCUT2D eigenvalue weighted by Gasteiger charge is -2.29. The van der Waals surface area contributed by atoms with Gasteiger partial charge in [-0.25, -0.2) is 4.79 Å². The first-order valence-corrected chi connectivity index (χ1v) is 10.7. The summed E-state index contributed by atoms with van der Waals surface area (Å²) in [5.74, 6) is 0.930. The minimum Gasteiger partial charge on any atom is -0.508 e. The molecule has 2 aromatic rings. The highest BCUT2D eigenvalue weighted by Crippen LogP contribution is 2.23. The highest BCUT2D eigenvalue weighted by atomic mass is 16.4. The maximum atomic E-state index is 12.8. The molecule has 164 valence electrons. The van der Waals surface area contributed by atoms with Crippen LogP contribution in [0.2, 0.25) is 0 Å². The molecule has 0 aliphatic carbocycles. The van der Waals surface area contributed by atoms with E-state index in [1.54, 1.807) is 17.0 Å². The van der Waals surface area contributed by atoms with Gasteiger partial charge in [0, 0.05) is 32.6 Å². The van der Waals surface area contributed by atoms with Gasteiger partial charge in [0.2, 0.25) is 11.8 Å². The first kappa shape index (κ1) is 22.0. The van der Waals surface area contributed by atoms with Crippen molar-refractivity contribution in [3.8, 4) is 5.75 Å². The standard InChI is InChI=1S/C21H32N6O3/c1-2-3-4-5-17(22)19-25-26-20(30-19)18(14-15-6-8-16(28)9-7-15)24-21(29)27-12-10-23-11-13-27/h6-9,17-18,23,28H,2-5,10-14,22H2,1H3,(H,24,29)/t17-,18-/m0/s1. The molecule has 0 saturated carbocycles. The number of phenolic OH excluding ortho intramolecular Hbond substituents is 1. The fourth-order valence-electron chi connectivity index (χ4n) is 3.45. The first-order valence-electron chi connectivity index (χ1n) is 10.7. The molecular weight excluding hydrogens is 384 g/mol. The molecule has 30 heavy (non-hydrogen) atoms. The van der Waals surface area contributed by atoms with Crippen LogP contribution in [-0.4, -0.2) is 52.4 Å². The molecule has 9 nitrogen and oxygen atoms in total. The van der Waals surface area contributed by atoms with Crippen LogP contribution in [0.15, 0.2) is 28.7 Å². The molecule has 1 aromatic heterocycles. The van der Waals surface area contributed by atoms with Crippen molar-refractivity contribution >= 4 is 6.03 Å². The zero-order valence-corrected chi connectivity index (χ0v) is 17.5. The highest BCUT2D eigenvalue weighted by molar-refractivity contribution is 5.74. The number of carbonyl (C=O) groups excluding carboxylic acids is 1. The van der Waals surface area contributed by atoms with Crippen LogP contribution in [0.1, 0.15) is 62.0 Å². The Hall–Kier alpha value is -2.65. The minimum absolute atomic E-state index is 0.160. The summed E-state index contributed by atoms with van der Waals surface area (Å²) in [6.45, 7) is 4.98. The normalized spacial score (nSPS) is 16.3. The quantitative estimate of drug-likeness (QED) is 0.461. The van der Waals surface area contributed by atoms with E-state index in [2.05, 4.69) is 27.8 Å². The molecule has 0 spiro atoms. The first-order chi connectivity index (χ1) is 14.6. The Morgan fingerprint density at radius 1 is 1.23 bits per heavy atom. The number of rotatable bonds is 9. The number of hydrogen-bond acceptors (Lipinski definition) is 7. The molecule has 1 aliphatic rings. The number of aromatic nitrogens is 2. The third kappa shape index (κ3) is 6.17. The molecular formula is C21H32N6O3. The summed E-state index contributed by atoms with van der Waals surface area (Å²) in [5, 5.41) is 24.1. The molecule has 9 heteroatoms. The number of nitrogens with zero attached hydrogens (tertiary/aromatic N) is 3. The fraction of sp³-hybridized carbons (Fsp3) is 0.571. The third-order valence-corrected chi connectivity index (χ3v) is 5.27. The molecule has 5 N–H and O–H groups in total. The number of aromatic hydroxyl groups is 1. The number of carbonyl (C=O) groups is 1. The van der Waals surface area contributed by atoms with Crippen LogP contribution in [0.25, 0.3) is 0 Å². The summed E-state index contributed by atoms with van der Waals surface area (Å²) in [4.78, 5) is 14.5. The van der Waals surface area contributed by atoms with E-state index in [9.17, 15) is 9.90 Å². The van der Waals surface area contributed by atoms with E-state index in [1.165, 1.54) is 0 Å². The van der Waals surface area contributed by atoms with Gasteiger partial charge in [-0.1, -0.05) is 38.3 Å². The van der Waals surface area contributed by atoms with E-state index in [-0.39, 0.29) is 17.8 Å². The van der Waals surface area contributed by atoms with Gasteiger partial charge in [0.1, 0.15) is 11.8 Å². The second-order valence-corrected chi connectivity index (χ2v) is 7.69. The zero-order chi connectivity index (χ0) is 21.3. The van der Waals surface area contributed by atoms with Crippen molar-refractivity contribution < 1.29 is 14.3 Å². The maximum absolute atomic E-state index is 12.8. The van der Waals surface area contributed by atoms with Gasteiger partial charge in [0.15, 0.2) is 0 Å². The van der Waals surface area contributed by atoms with Crippen molar-refractivity contribution in [3.05, 3.63) is 41.6 Å². The van der Waals surface area contributed by atoms with E-state index in [0.29, 0.717) is 31.3 Å². The number of phenols is 1. The second kappa shape index (κ2) is 10.9. The number of benzene rings is 1. The molecule has 0 radical (unpaired) electrons. The van der Waals surface area contributed by atoms with Gasteiger partial charge in [0.25, 0.3) is 0 Å². The average Bonchev–Trinajstić information content (AvgIpc) is 3.26. The van der Waals surface area contributed by atoms with Gasteiger partial charge in [-0.15, -0.1) is 10.2 Å². The van der Waals surface area contributed by atoms with Crippen molar-refractivity contribution in [1.82, 2.24) is 25.7 Å². The van der Waals surface area contributed by atoms with Gasteiger partial charge < -0.3 is 30.8 Å². The van der Waals surface area contributed by atoms with Gasteiger partial charge >= 0.3 is 6.03 Å². The number of nitrogens with one attached hydrogen (secondary N) is 2. The Labute approximate surface area is 177 Å². The average molecular weight is 417 g/mol. The molecule has 0 bridgehead atoms. The van der Waals surface area contributed by atoms with E-state index < -0.39 is 6.04 Å². The summed E-state index contributed by atoms with van der Waals surface area (Å²) >= 11 is 0. The predicted molar refractivity (Wildman–Crippen MR) is 113 cm³/mol. The van der Waals surface area contributed by atoms with Gasteiger partial charge in [0.05, 0.1) is 6.04 Å². The van der Waals surface area contributed by atoms with Crippen LogP contribution in [0, 0.1) is 0 Å². The van der Waals surface area contributed by atoms with Crippen molar-refractivity contribution in [1.29, 1.82) is 0 Å². The lowest BCUT2D eigenvalue weighted by molar-refractivity contribution is 0.183. The maximum Gasteiger partial charge on any atom is 0.318 e. The van der Waals surface area contributed by atoms with Crippen molar-refractivity contribution in [2.24, 2.45) is 5.73 Å². The zero-order valence-electron chi connectivity index (χ0n) is 17.5. The molecule has 1 aromatic carbocycles. The van der Waals surface area contributed by atoms with E-state index in [1.807, 2.05) is 12.1 Å². The molecule has 1 fully saturated rings. The van der Waals surface area contributed by atoms with Crippen LogP contribution in [0.3, 0.4) is 0 Å². The SMILES string of the molecule is CCCCC[C@H](N)c1nnc([C@H](Cc2ccc(O)cc2)NC(=O)N2CCNCC2)o1. The van der Waals surface area contributed by atoms with Gasteiger partial charge in [-0.05, 0) is 24.1 Å². The lowest BCUT2D eigenvalue weighted by Crippen LogP contribution is -2.51. The van der Waals surface area contributed by atoms with Crippen molar-refractivity contribution in [3.63, 3.8) is 0 Å². The summed E-state index contributed by atoms with van der Waals surface area (Å²) in [7, 11) is 0. The number of urea groups is 1. The number of unbranched alkanes of at least 4 members (excludes halogenated alkanes) is 2. The summed E-state index contributed by atoms with van der Waals surface area (Å²) in [5.41, 5.74) is 7.15. The number of piperazine rings is 1. The number of hydrogen-bond donors (Lipinski definition) is 4. The molecule has 2 amide bonds. The largest absolute Gasteiger partial charge is 0.508 e. The molecule has 3 rings (SSSR count). The molecule has 1 saturated heterocycles. The summed E-state index contributed by atoms with van der Waals surface area (Å²) in [6.07, 6.45) is 4.48. The van der Waals surface area contributed by atoms with Gasteiger partial charge in [-0.3, -0.25) is 0 Å². The van der Waals surface area contributed by atoms with Crippen LogP contribution in [0.4, 0.5) is 4.79 Å². The topological polar surface area (TPSA) is 130 Å². The summed E-state index contributed by atoms with van der Waals surface area (Å²) in [6, 6.07) is 5.91. The van der Waals surface area contributed by atoms with E-state index in [0.717, 1.165) is 44.3 Å². The lowest BCUT2D eigenvalue weighted by atomic mass is 10.1. The Kier molecular flexibility index (Phi) is 8.04. The Morgan fingerprint density at radius 2 is 1.93 bits per heavy atom.